The number of carbonyl (C=O) groups is 1. The number of rotatable bonds is 6. The van der Waals surface area contributed by atoms with Gasteiger partial charge in [0.05, 0.1) is 12.1 Å². The van der Waals surface area contributed by atoms with E-state index in [1.54, 1.807) is 7.11 Å². The van der Waals surface area contributed by atoms with Crippen molar-refractivity contribution < 1.29 is 9.53 Å². The lowest BCUT2D eigenvalue weighted by Crippen LogP contribution is -2.30. The average molecular weight is 438 g/mol. The summed E-state index contributed by atoms with van der Waals surface area (Å²) in [4.78, 5) is 14.3. The Bertz CT molecular complexity index is 1090. The number of methoxy groups -OCH3 is 1. The van der Waals surface area contributed by atoms with Crippen LogP contribution in [0.1, 0.15) is 19.3 Å². The van der Waals surface area contributed by atoms with Crippen LogP contribution in [0.4, 0.5) is 0 Å². The Balaban J connectivity index is 1.30. The van der Waals surface area contributed by atoms with Gasteiger partial charge in [-0.2, -0.15) is 0 Å². The van der Waals surface area contributed by atoms with Gasteiger partial charge in [0.15, 0.2) is 5.82 Å². The van der Waals surface area contributed by atoms with Crippen molar-refractivity contribution in [2.75, 3.05) is 20.2 Å². The van der Waals surface area contributed by atoms with Gasteiger partial charge >= 0.3 is 0 Å². The Morgan fingerprint density at radius 3 is 2.61 bits per heavy atom. The highest BCUT2D eigenvalue weighted by Gasteiger charge is 2.36. The third-order valence-electron chi connectivity index (χ3n) is 6.12. The molecule has 0 radical (unpaired) electrons. The Hall–Kier alpha value is -2.93. The van der Waals surface area contributed by atoms with Crippen molar-refractivity contribution in [1.29, 1.82) is 0 Å². The Morgan fingerprint density at radius 2 is 1.90 bits per heavy atom. The zero-order valence-electron chi connectivity index (χ0n) is 17.4. The van der Waals surface area contributed by atoms with E-state index in [0.717, 1.165) is 60.6 Å². The molecule has 5 rings (SSSR count). The van der Waals surface area contributed by atoms with Crippen molar-refractivity contribution >= 4 is 17.5 Å². The maximum atomic E-state index is 12.3. The van der Waals surface area contributed by atoms with Crippen LogP contribution < -0.4 is 4.74 Å². The summed E-state index contributed by atoms with van der Waals surface area (Å²) >= 11 is 6.42. The van der Waals surface area contributed by atoms with Crippen LogP contribution in [-0.4, -0.2) is 51.2 Å². The fourth-order valence-corrected chi connectivity index (χ4v) is 4.48. The highest BCUT2D eigenvalue weighted by molar-refractivity contribution is 6.33. The average Bonchev–Trinajstić information content (AvgIpc) is 3.37. The van der Waals surface area contributed by atoms with Crippen molar-refractivity contribution in [2.24, 2.45) is 11.8 Å². The normalized spacial score (nSPS) is 18.4. The molecule has 1 atom stereocenters. The largest absolute Gasteiger partial charge is 0.497 e. The quantitative estimate of drug-likeness (QED) is 0.584. The van der Waals surface area contributed by atoms with E-state index in [1.165, 1.54) is 0 Å². The second-order valence-corrected chi connectivity index (χ2v) is 8.73. The number of benzene rings is 2. The second-order valence-electron chi connectivity index (χ2n) is 8.32. The monoisotopic (exact) mass is 437 g/mol. The number of hydrogen-bond donors (Lipinski definition) is 0. The van der Waals surface area contributed by atoms with Crippen LogP contribution in [0.2, 0.25) is 5.02 Å². The lowest BCUT2D eigenvalue weighted by atomic mass is 10.0. The maximum Gasteiger partial charge on any atom is 0.225 e. The third-order valence-corrected chi connectivity index (χ3v) is 6.43. The number of aromatic nitrogens is 4. The van der Waals surface area contributed by atoms with Crippen LogP contribution in [0.25, 0.3) is 22.5 Å². The molecule has 3 aromatic rings. The fourth-order valence-electron chi connectivity index (χ4n) is 4.21. The van der Waals surface area contributed by atoms with Crippen LogP contribution in [0.3, 0.4) is 0 Å². The molecule has 2 fully saturated rings. The van der Waals surface area contributed by atoms with Crippen molar-refractivity contribution in [1.82, 2.24) is 25.1 Å². The van der Waals surface area contributed by atoms with E-state index >= 15 is 0 Å². The first-order valence-corrected chi connectivity index (χ1v) is 11.0. The van der Waals surface area contributed by atoms with Gasteiger partial charge in [-0.25, -0.2) is 4.68 Å². The predicted octanol–water partition coefficient (Wildman–Crippen LogP) is 3.93. The lowest BCUT2D eigenvalue weighted by molar-refractivity contribution is -0.131. The Morgan fingerprint density at radius 1 is 1.13 bits per heavy atom. The summed E-state index contributed by atoms with van der Waals surface area (Å²) in [5.74, 6) is 2.45. The fraction of sp³-hybridized carbons (Fsp3) is 0.391. The highest BCUT2D eigenvalue weighted by Crippen LogP contribution is 2.34. The minimum Gasteiger partial charge on any atom is -0.497 e. The van der Waals surface area contributed by atoms with Crippen LogP contribution in [0, 0.1) is 11.8 Å². The molecule has 1 unspecified atom stereocenters. The van der Waals surface area contributed by atoms with Crippen molar-refractivity contribution in [2.45, 2.75) is 25.8 Å². The maximum absolute atomic E-state index is 12.3. The van der Waals surface area contributed by atoms with Gasteiger partial charge in [0, 0.05) is 36.7 Å². The van der Waals surface area contributed by atoms with Crippen molar-refractivity contribution in [3.8, 4) is 28.3 Å². The minimum atomic E-state index is 0.278. The molecule has 0 spiro atoms. The SMILES string of the molecule is COc1ccc(-c2ccc(-c3nnnn3CC3CCN(C(=O)C4CC4)C3)cc2)c(Cl)c1. The molecule has 1 saturated carbocycles. The molecule has 1 aliphatic carbocycles. The molecule has 2 aliphatic rings. The molecule has 0 bridgehead atoms. The van der Waals surface area contributed by atoms with Gasteiger partial charge < -0.3 is 9.64 Å². The van der Waals surface area contributed by atoms with Crippen molar-refractivity contribution in [3.05, 3.63) is 47.5 Å². The molecule has 1 aliphatic heterocycles. The van der Waals surface area contributed by atoms with Crippen LogP contribution in [-0.2, 0) is 11.3 Å². The van der Waals surface area contributed by atoms with Crippen LogP contribution in [0.15, 0.2) is 42.5 Å². The zero-order valence-corrected chi connectivity index (χ0v) is 18.1. The predicted molar refractivity (Wildman–Crippen MR) is 118 cm³/mol. The van der Waals surface area contributed by atoms with Gasteiger partial charge in [0.2, 0.25) is 5.91 Å². The van der Waals surface area contributed by atoms with E-state index in [2.05, 4.69) is 15.5 Å². The number of amides is 1. The zero-order chi connectivity index (χ0) is 21.4. The molecular weight excluding hydrogens is 414 g/mol. The molecule has 1 saturated heterocycles. The molecule has 31 heavy (non-hydrogen) atoms. The Labute approximate surface area is 186 Å². The molecule has 1 aromatic heterocycles. The van der Waals surface area contributed by atoms with Crippen LogP contribution in [0.5, 0.6) is 5.75 Å². The van der Waals surface area contributed by atoms with E-state index in [-0.39, 0.29) is 5.92 Å². The summed E-state index contributed by atoms with van der Waals surface area (Å²) in [6, 6.07) is 13.7. The van der Waals surface area contributed by atoms with Gasteiger partial charge in [0.25, 0.3) is 0 Å². The summed E-state index contributed by atoms with van der Waals surface area (Å²) in [6.07, 6.45) is 3.09. The number of ether oxygens (including phenoxy) is 1. The second kappa shape index (κ2) is 8.30. The Kier molecular flexibility index (Phi) is 5.36. The van der Waals surface area contributed by atoms with Gasteiger partial charge in [0.1, 0.15) is 5.75 Å². The number of nitrogens with zero attached hydrogens (tertiary/aromatic N) is 5. The molecule has 160 valence electrons. The third kappa shape index (κ3) is 4.14. The number of hydrogen-bond acceptors (Lipinski definition) is 5. The standard InChI is InChI=1S/C23H24ClN5O2/c1-31-19-8-9-20(21(24)12-19)16-2-4-17(5-3-16)22-25-26-27-29(22)14-15-10-11-28(13-15)23(30)18-6-7-18/h2-5,8-9,12,15,18H,6-7,10-11,13-14H2,1H3. The van der Waals surface area contributed by atoms with Crippen LogP contribution >= 0.6 is 11.6 Å². The topological polar surface area (TPSA) is 73.1 Å². The minimum absolute atomic E-state index is 0.278. The highest BCUT2D eigenvalue weighted by atomic mass is 35.5. The smallest absolute Gasteiger partial charge is 0.225 e. The summed E-state index contributed by atoms with van der Waals surface area (Å²) in [5, 5.41) is 13.0. The number of likely N-dealkylation sites (tertiary alicyclic amines) is 1. The molecule has 8 heteroatoms. The van der Waals surface area contributed by atoms with E-state index < -0.39 is 0 Å². The molecule has 2 heterocycles. The number of halogens is 1. The van der Waals surface area contributed by atoms with Crippen molar-refractivity contribution in [3.63, 3.8) is 0 Å². The number of tetrazole rings is 1. The molecule has 7 nitrogen and oxygen atoms in total. The molecular formula is C23H24ClN5O2. The summed E-state index contributed by atoms with van der Waals surface area (Å²) < 4.78 is 7.08. The van der Waals surface area contributed by atoms with E-state index in [0.29, 0.717) is 23.4 Å². The van der Waals surface area contributed by atoms with Gasteiger partial charge in [-0.1, -0.05) is 35.9 Å². The van der Waals surface area contributed by atoms with E-state index in [1.807, 2.05) is 52.0 Å². The number of carbonyl (C=O) groups excluding carboxylic acids is 1. The molecule has 1 amide bonds. The van der Waals surface area contributed by atoms with E-state index in [9.17, 15) is 4.79 Å². The molecule has 0 N–H and O–H groups in total. The first kappa shape index (κ1) is 20.0. The first-order chi connectivity index (χ1) is 15.1. The van der Waals surface area contributed by atoms with Gasteiger partial charge in [-0.15, -0.1) is 5.10 Å². The summed E-state index contributed by atoms with van der Waals surface area (Å²) in [6.45, 7) is 2.35. The lowest BCUT2D eigenvalue weighted by Gasteiger charge is -2.16. The van der Waals surface area contributed by atoms with E-state index in [4.69, 9.17) is 16.3 Å². The van der Waals surface area contributed by atoms with Gasteiger partial charge in [-0.05, 0) is 59.4 Å². The van der Waals surface area contributed by atoms with Gasteiger partial charge in [-0.3, -0.25) is 4.79 Å². The first-order valence-electron chi connectivity index (χ1n) is 10.6. The summed E-state index contributed by atoms with van der Waals surface area (Å²) in [7, 11) is 1.62. The summed E-state index contributed by atoms with van der Waals surface area (Å²) in [5.41, 5.74) is 2.91. The molecule has 2 aromatic carbocycles.